The van der Waals surface area contributed by atoms with Gasteiger partial charge in [0.2, 0.25) is 0 Å². The van der Waals surface area contributed by atoms with E-state index >= 15 is 0 Å². The van der Waals surface area contributed by atoms with Crippen molar-refractivity contribution >= 4 is 6.21 Å². The molecule has 9 heavy (non-hydrogen) atoms. The van der Waals surface area contributed by atoms with E-state index in [9.17, 15) is 0 Å². The molecule has 0 atom stereocenters. The van der Waals surface area contributed by atoms with Crippen LogP contribution in [0.15, 0.2) is 16.6 Å². The average molecular weight is 125 g/mol. The third kappa shape index (κ3) is 3.07. The third-order valence-electron chi connectivity index (χ3n) is 1.28. The second-order valence-corrected chi connectivity index (χ2v) is 2.33. The highest BCUT2D eigenvalue weighted by Gasteiger charge is 1.95. The molecule has 0 N–H and O–H groups in total. The van der Waals surface area contributed by atoms with Crippen LogP contribution in [0.25, 0.3) is 0 Å². The van der Waals surface area contributed by atoms with Crippen LogP contribution in [0.3, 0.4) is 0 Å². The van der Waals surface area contributed by atoms with Gasteiger partial charge in [-0.3, -0.25) is 4.99 Å². The van der Waals surface area contributed by atoms with Gasteiger partial charge in [0.1, 0.15) is 0 Å². The van der Waals surface area contributed by atoms with Crippen LogP contribution in [0.4, 0.5) is 0 Å². The maximum atomic E-state index is 3.93. The van der Waals surface area contributed by atoms with E-state index in [1.807, 2.05) is 13.1 Å². The molecule has 0 aromatic carbocycles. The number of aliphatic imine (C=N–C) groups is 1. The SMILES string of the molecule is C/C=C(\C=NC)C(C)C. The summed E-state index contributed by atoms with van der Waals surface area (Å²) < 4.78 is 0. The van der Waals surface area contributed by atoms with Gasteiger partial charge in [-0.25, -0.2) is 0 Å². The van der Waals surface area contributed by atoms with Crippen molar-refractivity contribution in [3.63, 3.8) is 0 Å². The molecule has 0 aromatic heterocycles. The van der Waals surface area contributed by atoms with E-state index in [4.69, 9.17) is 0 Å². The van der Waals surface area contributed by atoms with Crippen LogP contribution < -0.4 is 0 Å². The summed E-state index contributed by atoms with van der Waals surface area (Å²) in [5.74, 6) is 0.596. The van der Waals surface area contributed by atoms with Crippen LogP contribution in [-0.4, -0.2) is 13.3 Å². The van der Waals surface area contributed by atoms with Gasteiger partial charge >= 0.3 is 0 Å². The first-order valence-electron chi connectivity index (χ1n) is 3.30. The molecule has 0 unspecified atom stereocenters. The van der Waals surface area contributed by atoms with E-state index in [-0.39, 0.29) is 0 Å². The van der Waals surface area contributed by atoms with Gasteiger partial charge in [0, 0.05) is 13.3 Å². The van der Waals surface area contributed by atoms with Crippen molar-refractivity contribution in [2.75, 3.05) is 7.05 Å². The number of allylic oxidation sites excluding steroid dienone is 2. The van der Waals surface area contributed by atoms with E-state index in [0.717, 1.165) is 0 Å². The Morgan fingerprint density at radius 1 is 1.44 bits per heavy atom. The Hall–Kier alpha value is -0.590. The van der Waals surface area contributed by atoms with Crippen LogP contribution >= 0.6 is 0 Å². The molecule has 0 saturated carbocycles. The van der Waals surface area contributed by atoms with E-state index in [0.29, 0.717) is 5.92 Å². The summed E-state index contributed by atoms with van der Waals surface area (Å²) >= 11 is 0. The van der Waals surface area contributed by atoms with Gasteiger partial charge in [0.15, 0.2) is 0 Å². The zero-order chi connectivity index (χ0) is 7.28. The Morgan fingerprint density at radius 2 is 2.00 bits per heavy atom. The minimum atomic E-state index is 0.596. The van der Waals surface area contributed by atoms with E-state index in [1.165, 1.54) is 5.57 Å². The van der Waals surface area contributed by atoms with Crippen molar-refractivity contribution < 1.29 is 0 Å². The van der Waals surface area contributed by atoms with Gasteiger partial charge in [-0.1, -0.05) is 19.9 Å². The summed E-state index contributed by atoms with van der Waals surface area (Å²) in [7, 11) is 1.80. The molecule has 0 aliphatic heterocycles. The highest BCUT2D eigenvalue weighted by Crippen LogP contribution is 2.05. The lowest BCUT2D eigenvalue weighted by atomic mass is 10.1. The molecular formula is C8H15N. The van der Waals surface area contributed by atoms with Crippen molar-refractivity contribution in [1.82, 2.24) is 0 Å². The van der Waals surface area contributed by atoms with Crippen molar-refractivity contribution in [3.8, 4) is 0 Å². The lowest BCUT2D eigenvalue weighted by molar-refractivity contribution is 0.804. The van der Waals surface area contributed by atoms with Gasteiger partial charge in [-0.05, 0) is 18.4 Å². The molecule has 0 aliphatic carbocycles. The average Bonchev–Trinajstić information content (AvgIpc) is 1.82. The van der Waals surface area contributed by atoms with Crippen LogP contribution in [-0.2, 0) is 0 Å². The van der Waals surface area contributed by atoms with Gasteiger partial charge in [-0.15, -0.1) is 0 Å². The molecule has 0 amide bonds. The highest BCUT2D eigenvalue weighted by molar-refractivity contribution is 5.78. The first kappa shape index (κ1) is 8.41. The highest BCUT2D eigenvalue weighted by atomic mass is 14.6. The molecule has 0 aromatic rings. The second kappa shape index (κ2) is 4.30. The molecule has 0 heterocycles. The Balaban J connectivity index is 4.01. The predicted octanol–water partition coefficient (Wildman–Crippen LogP) is 2.29. The minimum absolute atomic E-state index is 0.596. The van der Waals surface area contributed by atoms with Crippen molar-refractivity contribution in [2.24, 2.45) is 10.9 Å². The second-order valence-electron chi connectivity index (χ2n) is 2.33. The molecule has 52 valence electrons. The number of hydrogen-bond donors (Lipinski definition) is 0. The first-order chi connectivity index (χ1) is 4.22. The number of nitrogens with zero attached hydrogens (tertiary/aromatic N) is 1. The predicted molar refractivity (Wildman–Crippen MR) is 43.0 cm³/mol. The van der Waals surface area contributed by atoms with Gasteiger partial charge in [-0.2, -0.15) is 0 Å². The quantitative estimate of drug-likeness (QED) is 0.502. The minimum Gasteiger partial charge on any atom is -0.296 e. The summed E-state index contributed by atoms with van der Waals surface area (Å²) in [6, 6.07) is 0. The monoisotopic (exact) mass is 125 g/mol. The number of hydrogen-bond acceptors (Lipinski definition) is 1. The Morgan fingerprint density at radius 3 is 2.11 bits per heavy atom. The van der Waals surface area contributed by atoms with Crippen LogP contribution in [0.5, 0.6) is 0 Å². The summed E-state index contributed by atoms with van der Waals surface area (Å²) in [6.07, 6.45) is 4.00. The van der Waals surface area contributed by atoms with Crippen molar-refractivity contribution in [1.29, 1.82) is 0 Å². The van der Waals surface area contributed by atoms with E-state index in [2.05, 4.69) is 24.9 Å². The standard InChI is InChI=1S/C8H15N/c1-5-8(6-9-4)7(2)3/h5-7H,1-4H3/b8-5+,9-6?. The summed E-state index contributed by atoms with van der Waals surface area (Å²) in [5.41, 5.74) is 1.30. The van der Waals surface area contributed by atoms with E-state index < -0.39 is 0 Å². The lowest BCUT2D eigenvalue weighted by Gasteiger charge is -2.02. The van der Waals surface area contributed by atoms with Crippen LogP contribution in [0.2, 0.25) is 0 Å². The molecular weight excluding hydrogens is 110 g/mol. The molecule has 0 spiro atoms. The van der Waals surface area contributed by atoms with Gasteiger partial charge < -0.3 is 0 Å². The summed E-state index contributed by atoms with van der Waals surface area (Å²) in [6.45, 7) is 6.37. The van der Waals surface area contributed by atoms with Crippen molar-refractivity contribution in [2.45, 2.75) is 20.8 Å². The topological polar surface area (TPSA) is 12.4 Å². The number of rotatable bonds is 2. The molecule has 1 nitrogen and oxygen atoms in total. The summed E-state index contributed by atoms with van der Waals surface area (Å²) in [4.78, 5) is 3.93. The Kier molecular flexibility index (Phi) is 4.02. The normalized spacial score (nSPS) is 13.7. The molecule has 0 rings (SSSR count). The largest absolute Gasteiger partial charge is 0.296 e. The lowest BCUT2D eigenvalue weighted by Crippen LogP contribution is -1.93. The van der Waals surface area contributed by atoms with Crippen LogP contribution in [0.1, 0.15) is 20.8 Å². The molecule has 0 bridgehead atoms. The molecule has 0 saturated heterocycles. The maximum Gasteiger partial charge on any atom is 0.0277 e. The van der Waals surface area contributed by atoms with E-state index in [1.54, 1.807) is 7.05 Å². The Labute approximate surface area is 57.5 Å². The zero-order valence-corrected chi connectivity index (χ0v) is 6.68. The molecule has 0 radical (unpaired) electrons. The fraction of sp³-hybridized carbons (Fsp3) is 0.625. The first-order valence-corrected chi connectivity index (χ1v) is 3.30. The molecule has 0 fully saturated rings. The van der Waals surface area contributed by atoms with Crippen LogP contribution in [0, 0.1) is 5.92 Å². The fourth-order valence-corrected chi connectivity index (χ4v) is 0.706. The maximum absolute atomic E-state index is 3.93. The fourth-order valence-electron chi connectivity index (χ4n) is 0.706. The smallest absolute Gasteiger partial charge is 0.0277 e. The van der Waals surface area contributed by atoms with Gasteiger partial charge in [0.25, 0.3) is 0 Å². The van der Waals surface area contributed by atoms with Crippen molar-refractivity contribution in [3.05, 3.63) is 11.6 Å². The third-order valence-corrected chi connectivity index (χ3v) is 1.28. The molecule has 0 aliphatic rings. The Bertz CT molecular complexity index is 121. The molecule has 1 heteroatoms. The zero-order valence-electron chi connectivity index (χ0n) is 6.68. The van der Waals surface area contributed by atoms with Gasteiger partial charge in [0.05, 0.1) is 0 Å². The summed E-state index contributed by atoms with van der Waals surface area (Å²) in [5, 5.41) is 0.